The summed E-state index contributed by atoms with van der Waals surface area (Å²) in [6.45, 7) is 4.07. The lowest BCUT2D eigenvalue weighted by molar-refractivity contribution is -0.119. The molecule has 0 aromatic heterocycles. The number of rotatable bonds is 3. The molecule has 9 heavy (non-hydrogen) atoms. The molecule has 1 atom stereocenters. The van der Waals surface area contributed by atoms with Gasteiger partial charge in [0.1, 0.15) is 0 Å². The molecule has 0 heterocycles. The second-order valence-corrected chi connectivity index (χ2v) is 2.11. The molecular weight excluding hydrogens is 116 g/mol. The van der Waals surface area contributed by atoms with E-state index in [9.17, 15) is 4.79 Å². The predicted molar refractivity (Wildman–Crippen MR) is 37.0 cm³/mol. The lowest BCUT2D eigenvalue weighted by atomic mass is 10.2. The van der Waals surface area contributed by atoms with Gasteiger partial charge in [-0.2, -0.15) is 0 Å². The summed E-state index contributed by atoms with van der Waals surface area (Å²) in [5, 5.41) is 2.63. The van der Waals surface area contributed by atoms with Crippen molar-refractivity contribution < 1.29 is 4.79 Å². The van der Waals surface area contributed by atoms with Crippen LogP contribution in [0.4, 0.5) is 0 Å². The summed E-state index contributed by atoms with van der Waals surface area (Å²) >= 11 is 0. The third-order valence-electron chi connectivity index (χ3n) is 1.14. The molecule has 0 saturated carbocycles. The number of nitrogens with two attached hydrogens (primary N) is 1. The van der Waals surface area contributed by atoms with Gasteiger partial charge in [0, 0.05) is 19.5 Å². The van der Waals surface area contributed by atoms with Crippen LogP contribution in [-0.4, -0.2) is 18.5 Å². The van der Waals surface area contributed by atoms with Gasteiger partial charge < -0.3 is 11.1 Å². The molecule has 0 aliphatic carbocycles. The van der Waals surface area contributed by atoms with Crippen LogP contribution in [0.25, 0.3) is 0 Å². The summed E-state index contributed by atoms with van der Waals surface area (Å²) in [5.74, 6) is -0.0149. The molecule has 0 aromatic rings. The number of hydrogen-bond donors (Lipinski definition) is 2. The summed E-state index contributed by atoms with van der Waals surface area (Å²) < 4.78 is 0. The average Bonchev–Trinajstić information content (AvgIpc) is 1.83. The van der Waals surface area contributed by atoms with E-state index in [2.05, 4.69) is 5.32 Å². The molecule has 0 saturated heterocycles. The smallest absolute Gasteiger partial charge is 0.216 e. The van der Waals surface area contributed by atoms with Crippen LogP contribution >= 0.6 is 0 Å². The Morgan fingerprint density at radius 1 is 1.78 bits per heavy atom. The van der Waals surface area contributed by atoms with E-state index in [-0.39, 0.29) is 11.9 Å². The van der Waals surface area contributed by atoms with Crippen molar-refractivity contribution in [2.45, 2.75) is 26.3 Å². The first-order valence-electron chi connectivity index (χ1n) is 3.16. The standard InChI is InChI=1S/C6H14N2O/c1-3-6(7)4-8-5(2)9/h6H,3-4,7H2,1-2H3,(H,8,9). The highest BCUT2D eigenvalue weighted by atomic mass is 16.1. The fourth-order valence-corrected chi connectivity index (χ4v) is 0.419. The molecule has 0 aliphatic heterocycles. The van der Waals surface area contributed by atoms with Crippen LogP contribution in [0.1, 0.15) is 20.3 Å². The van der Waals surface area contributed by atoms with E-state index in [0.717, 1.165) is 6.42 Å². The Balaban J connectivity index is 3.16. The molecule has 3 N–H and O–H groups in total. The second kappa shape index (κ2) is 4.32. The van der Waals surface area contributed by atoms with Crippen LogP contribution in [0.2, 0.25) is 0 Å². The lowest BCUT2D eigenvalue weighted by Gasteiger charge is -2.07. The predicted octanol–water partition coefficient (Wildman–Crippen LogP) is -0.140. The topological polar surface area (TPSA) is 55.1 Å². The molecule has 0 radical (unpaired) electrons. The van der Waals surface area contributed by atoms with Crippen LogP contribution in [-0.2, 0) is 4.79 Å². The summed E-state index contributed by atoms with van der Waals surface area (Å²) in [5.41, 5.74) is 5.51. The average molecular weight is 130 g/mol. The summed E-state index contributed by atoms with van der Waals surface area (Å²) in [6.07, 6.45) is 0.903. The van der Waals surface area contributed by atoms with E-state index in [1.54, 1.807) is 0 Å². The Bertz CT molecular complexity index is 93.1. The summed E-state index contributed by atoms with van der Waals surface area (Å²) in [4.78, 5) is 10.3. The van der Waals surface area contributed by atoms with Gasteiger partial charge in [-0.3, -0.25) is 4.79 Å². The maximum Gasteiger partial charge on any atom is 0.216 e. The van der Waals surface area contributed by atoms with Gasteiger partial charge in [0.25, 0.3) is 0 Å². The van der Waals surface area contributed by atoms with Crippen molar-refractivity contribution in [3.05, 3.63) is 0 Å². The van der Waals surface area contributed by atoms with Crippen molar-refractivity contribution in [3.63, 3.8) is 0 Å². The van der Waals surface area contributed by atoms with Crippen LogP contribution in [0.5, 0.6) is 0 Å². The van der Waals surface area contributed by atoms with Crippen molar-refractivity contribution in [1.82, 2.24) is 5.32 Å². The van der Waals surface area contributed by atoms with Crippen molar-refractivity contribution in [2.24, 2.45) is 5.73 Å². The van der Waals surface area contributed by atoms with Gasteiger partial charge in [-0.1, -0.05) is 6.92 Å². The number of amides is 1. The van der Waals surface area contributed by atoms with Crippen LogP contribution in [0.15, 0.2) is 0 Å². The van der Waals surface area contributed by atoms with Gasteiger partial charge in [0.2, 0.25) is 5.91 Å². The quantitative estimate of drug-likeness (QED) is 0.558. The molecule has 1 unspecified atom stereocenters. The normalized spacial score (nSPS) is 12.8. The largest absolute Gasteiger partial charge is 0.355 e. The Morgan fingerprint density at radius 3 is 2.67 bits per heavy atom. The molecule has 0 aromatic carbocycles. The fourth-order valence-electron chi connectivity index (χ4n) is 0.419. The van der Waals surface area contributed by atoms with E-state index in [1.165, 1.54) is 6.92 Å². The van der Waals surface area contributed by atoms with Crippen molar-refractivity contribution in [3.8, 4) is 0 Å². The van der Waals surface area contributed by atoms with Crippen LogP contribution in [0, 0.1) is 0 Å². The number of carbonyl (C=O) groups excluding carboxylic acids is 1. The molecule has 1 amide bonds. The Morgan fingerprint density at radius 2 is 2.33 bits per heavy atom. The Labute approximate surface area is 55.6 Å². The van der Waals surface area contributed by atoms with E-state index in [0.29, 0.717) is 6.54 Å². The first kappa shape index (κ1) is 8.43. The third kappa shape index (κ3) is 5.30. The van der Waals surface area contributed by atoms with Crippen molar-refractivity contribution in [1.29, 1.82) is 0 Å². The Kier molecular flexibility index (Phi) is 4.05. The molecule has 3 heteroatoms. The minimum atomic E-state index is -0.0149. The van der Waals surface area contributed by atoms with E-state index >= 15 is 0 Å². The monoisotopic (exact) mass is 130 g/mol. The SMILES string of the molecule is CCC(N)CNC(C)=O. The number of hydrogen-bond acceptors (Lipinski definition) is 2. The molecule has 54 valence electrons. The zero-order valence-corrected chi connectivity index (χ0v) is 5.98. The van der Waals surface area contributed by atoms with E-state index in [4.69, 9.17) is 5.73 Å². The lowest BCUT2D eigenvalue weighted by Crippen LogP contribution is -2.35. The maximum atomic E-state index is 10.3. The summed E-state index contributed by atoms with van der Waals surface area (Å²) in [7, 11) is 0. The molecule has 0 bridgehead atoms. The van der Waals surface area contributed by atoms with Gasteiger partial charge in [0.15, 0.2) is 0 Å². The molecule has 0 fully saturated rings. The first-order valence-corrected chi connectivity index (χ1v) is 3.16. The van der Waals surface area contributed by atoms with Gasteiger partial charge in [0.05, 0.1) is 0 Å². The second-order valence-electron chi connectivity index (χ2n) is 2.11. The molecule has 0 rings (SSSR count). The minimum Gasteiger partial charge on any atom is -0.355 e. The van der Waals surface area contributed by atoms with Gasteiger partial charge in [-0.05, 0) is 6.42 Å². The van der Waals surface area contributed by atoms with Gasteiger partial charge in [-0.25, -0.2) is 0 Å². The van der Waals surface area contributed by atoms with Gasteiger partial charge in [-0.15, -0.1) is 0 Å². The highest BCUT2D eigenvalue weighted by Crippen LogP contribution is 1.81. The molecular formula is C6H14N2O. The van der Waals surface area contributed by atoms with Crippen LogP contribution < -0.4 is 11.1 Å². The fraction of sp³-hybridized carbons (Fsp3) is 0.833. The first-order chi connectivity index (χ1) is 4.16. The van der Waals surface area contributed by atoms with Gasteiger partial charge >= 0.3 is 0 Å². The summed E-state index contributed by atoms with van der Waals surface area (Å²) in [6, 6.07) is 0.105. The van der Waals surface area contributed by atoms with Crippen molar-refractivity contribution in [2.75, 3.05) is 6.54 Å². The zero-order chi connectivity index (χ0) is 7.28. The molecule has 3 nitrogen and oxygen atoms in total. The zero-order valence-electron chi connectivity index (χ0n) is 5.98. The number of nitrogens with one attached hydrogen (secondary N) is 1. The molecule has 0 aliphatic rings. The van der Waals surface area contributed by atoms with Crippen LogP contribution in [0.3, 0.4) is 0 Å². The number of carbonyl (C=O) groups is 1. The van der Waals surface area contributed by atoms with Crippen molar-refractivity contribution >= 4 is 5.91 Å². The maximum absolute atomic E-state index is 10.3. The third-order valence-corrected chi connectivity index (χ3v) is 1.14. The highest BCUT2D eigenvalue weighted by Gasteiger charge is 1.97. The highest BCUT2D eigenvalue weighted by molar-refractivity contribution is 5.72. The minimum absolute atomic E-state index is 0.0149. The molecule has 0 spiro atoms. The Hall–Kier alpha value is -0.570. The van der Waals surface area contributed by atoms with E-state index in [1.807, 2.05) is 6.92 Å². The van der Waals surface area contributed by atoms with E-state index < -0.39 is 0 Å².